The van der Waals surface area contributed by atoms with Crippen LogP contribution in [0.2, 0.25) is 0 Å². The van der Waals surface area contributed by atoms with Crippen LogP contribution in [-0.4, -0.2) is 251 Å². The lowest BCUT2D eigenvalue weighted by molar-refractivity contribution is -0.155. The zero-order valence-corrected chi connectivity index (χ0v) is 59.7. The van der Waals surface area contributed by atoms with Gasteiger partial charge in [0, 0.05) is 42.3 Å². The van der Waals surface area contributed by atoms with E-state index >= 15 is 0 Å². The van der Waals surface area contributed by atoms with Gasteiger partial charge in [0.25, 0.3) is 0 Å². The molecular weight excluding hydrogens is 1190 g/mol. The van der Waals surface area contributed by atoms with Crippen molar-refractivity contribution in [3.63, 3.8) is 0 Å². The Morgan fingerprint density at radius 3 is 1.22 bits per heavy atom. The molecule has 0 radical (unpaired) electrons. The number of carbonyl (C=O) groups is 12. The largest absolute Gasteiger partial charge is 0.480 e. The van der Waals surface area contributed by atoms with E-state index in [1.807, 2.05) is 69.2 Å². The molecule has 13 atom stereocenters. The number of nitrogens with one attached hydrogen (secondary N) is 6. The molecule has 11 amide bonds. The number of aliphatic carboxylic acids is 1. The average Bonchev–Trinajstić information content (AvgIpc) is 0.890. The van der Waals surface area contributed by atoms with Gasteiger partial charge in [-0.25, -0.2) is 0 Å². The maximum atomic E-state index is 14.9. The van der Waals surface area contributed by atoms with Crippen molar-refractivity contribution in [1.29, 1.82) is 0 Å². The lowest BCUT2D eigenvalue weighted by Crippen LogP contribution is -2.64. The smallest absolute Gasteiger partial charge is 0.323 e. The lowest BCUT2D eigenvalue weighted by atomic mass is 9.91. The number of rotatable bonds is 40. The number of allylic oxidation sites excluding steroid dienone is 2. The van der Waals surface area contributed by atoms with Crippen LogP contribution in [-0.2, 0) is 57.5 Å². The predicted octanol–water partition coefficient (Wildman–Crippen LogP) is 1.58. The maximum absolute atomic E-state index is 14.9. The molecule has 9 N–H and O–H groups in total. The first-order chi connectivity index (χ1) is 42.4. The second-order valence-corrected chi connectivity index (χ2v) is 27.3. The molecule has 0 spiro atoms. The minimum absolute atomic E-state index is 0.00279. The molecule has 0 aliphatic heterocycles. The van der Waals surface area contributed by atoms with E-state index in [1.165, 1.54) is 77.8 Å². The van der Waals surface area contributed by atoms with E-state index in [4.69, 9.17) is 0 Å². The van der Waals surface area contributed by atoms with Crippen molar-refractivity contribution >= 4 is 70.9 Å². The summed E-state index contributed by atoms with van der Waals surface area (Å²) in [6, 6.07) is -12.8. The molecule has 0 fully saturated rings. The summed E-state index contributed by atoms with van der Waals surface area (Å²) in [7, 11) is 9.79. The number of aliphatic hydroxyl groups is 2. The fraction of sp³-hybridized carbons (Fsp3) is 0.785. The highest BCUT2D eigenvalue weighted by Crippen LogP contribution is 2.24. The van der Waals surface area contributed by atoms with Crippen molar-refractivity contribution in [2.24, 2.45) is 41.4 Å². The summed E-state index contributed by atoms with van der Waals surface area (Å²) in [5.41, 5.74) is 0. The van der Waals surface area contributed by atoms with E-state index < -0.39 is 156 Å². The van der Waals surface area contributed by atoms with Crippen LogP contribution in [0.5, 0.6) is 0 Å². The third kappa shape index (κ3) is 27.1. The van der Waals surface area contributed by atoms with Crippen LogP contribution in [0.15, 0.2) is 12.2 Å². The number of hydrogen-bond donors (Lipinski definition) is 9. The third-order valence-corrected chi connectivity index (χ3v) is 16.1. The van der Waals surface area contributed by atoms with Gasteiger partial charge in [-0.15, -0.1) is 0 Å². The summed E-state index contributed by atoms with van der Waals surface area (Å²) in [4.78, 5) is 174. The zero-order valence-electron chi connectivity index (χ0n) is 59.7. The molecule has 0 aliphatic rings. The van der Waals surface area contributed by atoms with E-state index in [0.717, 1.165) is 14.7 Å². The molecule has 0 aliphatic carbocycles. The molecule has 528 valence electrons. The fourth-order valence-corrected chi connectivity index (χ4v) is 10.8. The lowest BCUT2D eigenvalue weighted by Gasteiger charge is -2.40. The van der Waals surface area contributed by atoms with Crippen LogP contribution in [0.1, 0.15) is 156 Å². The SMILES string of the molecule is C/C=C/C[C@@H](C)[C@@H](O)[C@@H](C(=O)N[C@H](C(=O)N(C)CC(=O)O)[C@@H](C)O)N(C)C(=O)[C@H](C(C)C)N(C)C(=O)[C@H](CC(C)C)NC(=O)[C@H](CC(C)C)N(C)C(=O)[C@@H](C)NC(=O)[C@H](C)NC(=O)[C@H](CC(C)C)N(C)C(=O)[C@H](CC(C)C)NC(=O)[C@H](CC(C)C)N(C)C(=O)CNC. The number of hydrogen-bond acceptors (Lipinski definition) is 15. The van der Waals surface area contributed by atoms with Crippen molar-refractivity contribution in [3.05, 3.63) is 12.2 Å². The minimum Gasteiger partial charge on any atom is -0.480 e. The van der Waals surface area contributed by atoms with Crippen molar-refractivity contribution in [2.45, 2.75) is 229 Å². The van der Waals surface area contributed by atoms with E-state index in [1.54, 1.807) is 46.9 Å². The number of carboxylic acid groups (broad SMARTS) is 1. The van der Waals surface area contributed by atoms with Crippen molar-refractivity contribution in [1.82, 2.24) is 61.3 Å². The van der Waals surface area contributed by atoms with E-state index in [0.29, 0.717) is 6.42 Å². The summed E-state index contributed by atoms with van der Waals surface area (Å²) in [6.45, 7) is 28.6. The van der Waals surface area contributed by atoms with Gasteiger partial charge in [0.1, 0.15) is 67.0 Å². The normalized spacial score (nSPS) is 16.0. The van der Waals surface area contributed by atoms with Crippen molar-refractivity contribution in [2.75, 3.05) is 62.4 Å². The molecule has 0 bridgehead atoms. The Hall–Kier alpha value is -6.74. The highest BCUT2D eigenvalue weighted by atomic mass is 16.4. The van der Waals surface area contributed by atoms with Gasteiger partial charge in [0.15, 0.2) is 0 Å². The summed E-state index contributed by atoms with van der Waals surface area (Å²) < 4.78 is 0. The third-order valence-electron chi connectivity index (χ3n) is 16.1. The van der Waals surface area contributed by atoms with Crippen LogP contribution >= 0.6 is 0 Å². The fourth-order valence-electron chi connectivity index (χ4n) is 10.8. The van der Waals surface area contributed by atoms with Crippen molar-refractivity contribution in [3.8, 4) is 0 Å². The molecule has 0 aromatic rings. The Labute approximate surface area is 548 Å². The van der Waals surface area contributed by atoms with Gasteiger partial charge in [0.2, 0.25) is 65.0 Å². The Morgan fingerprint density at radius 1 is 0.435 bits per heavy atom. The topological polar surface area (TPSA) is 357 Å². The van der Waals surface area contributed by atoms with Gasteiger partial charge in [-0.05, 0) is 115 Å². The second-order valence-electron chi connectivity index (χ2n) is 27.3. The minimum atomic E-state index is -1.72. The molecule has 27 nitrogen and oxygen atoms in total. The molecule has 92 heavy (non-hydrogen) atoms. The zero-order chi connectivity index (χ0) is 71.7. The van der Waals surface area contributed by atoms with Crippen LogP contribution in [0.4, 0.5) is 0 Å². The van der Waals surface area contributed by atoms with Crippen LogP contribution in [0.25, 0.3) is 0 Å². The number of carbonyl (C=O) groups excluding carboxylic acids is 11. The first kappa shape index (κ1) is 85.3. The second kappa shape index (κ2) is 40.4. The number of likely N-dealkylation sites (N-methyl/N-ethyl adjacent to an activating group) is 7. The van der Waals surface area contributed by atoms with Gasteiger partial charge in [-0.3, -0.25) is 57.5 Å². The van der Waals surface area contributed by atoms with Gasteiger partial charge in [0.05, 0.1) is 18.8 Å². The van der Waals surface area contributed by atoms with E-state index in [2.05, 4.69) is 31.9 Å². The summed E-state index contributed by atoms with van der Waals surface area (Å²) >= 11 is 0. The average molecular weight is 1310 g/mol. The monoisotopic (exact) mass is 1310 g/mol. The van der Waals surface area contributed by atoms with E-state index in [9.17, 15) is 72.9 Å². The van der Waals surface area contributed by atoms with Crippen LogP contribution in [0.3, 0.4) is 0 Å². The summed E-state index contributed by atoms with van der Waals surface area (Å²) in [5, 5.41) is 48.1. The maximum Gasteiger partial charge on any atom is 0.323 e. The molecule has 0 saturated carbocycles. The van der Waals surface area contributed by atoms with Crippen LogP contribution in [0, 0.1) is 41.4 Å². The summed E-state index contributed by atoms with van der Waals surface area (Å²) in [5.74, 6) is -11.0. The van der Waals surface area contributed by atoms with Gasteiger partial charge in [-0.1, -0.05) is 102 Å². The number of nitrogens with zero attached hydrogens (tertiary/aromatic N) is 6. The number of aliphatic hydroxyl groups excluding tert-OH is 2. The predicted molar refractivity (Wildman–Crippen MR) is 351 cm³/mol. The standard InChI is InChI=1S/C65H118N12O15/c1-25-26-27-41(14)55(82)54(60(87)71-52(44(17)78)64(91)72(19)34-51(80)81)77(24)65(92)53(40(12)13)76(23)63(90)46(29-36(4)5)70-59(86)49(32-39(10)11)74(21)61(88)43(16)68-56(83)42(15)67-57(84)48(31-38(8)9)75(22)62(89)45(28-35(2)3)69-58(85)47(30-37(6)7)73(20)50(79)33-66-18/h25-26,35-49,52-55,66,78,82H,27-34H2,1-24H3,(H,67,84)(H,68,83)(H,69,85)(H,70,86)(H,71,87)(H,80,81)/b26-25+/t41-,42+,43-,44-,45+,46+,47+,48+,49+,52+,53+,54+,55-/m1/s1. The van der Waals surface area contributed by atoms with E-state index in [-0.39, 0.29) is 74.1 Å². The Kier molecular flexibility index (Phi) is 37.4. The first-order valence-corrected chi connectivity index (χ1v) is 32.3. The molecule has 0 aromatic carbocycles. The van der Waals surface area contributed by atoms with Crippen molar-refractivity contribution < 1.29 is 72.9 Å². The highest BCUT2D eigenvalue weighted by molar-refractivity contribution is 5.99. The Bertz CT molecular complexity index is 2490. The molecule has 27 heteroatoms. The molecule has 0 saturated heterocycles. The highest BCUT2D eigenvalue weighted by Gasteiger charge is 2.45. The van der Waals surface area contributed by atoms with Crippen LogP contribution < -0.4 is 31.9 Å². The quantitative estimate of drug-likeness (QED) is 0.0393. The Morgan fingerprint density at radius 2 is 0.826 bits per heavy atom. The van der Waals surface area contributed by atoms with Gasteiger partial charge < -0.3 is 76.6 Å². The molecule has 0 aromatic heterocycles. The number of carboxylic acids is 1. The molecular formula is C65H118N12O15. The molecule has 0 unspecified atom stereocenters. The molecule has 0 rings (SSSR count). The Balaban J connectivity index is 6.96. The summed E-state index contributed by atoms with van der Waals surface area (Å²) in [6.07, 6.45) is 1.51. The van der Waals surface area contributed by atoms with Gasteiger partial charge in [-0.2, -0.15) is 0 Å². The first-order valence-electron chi connectivity index (χ1n) is 32.3. The van der Waals surface area contributed by atoms with Gasteiger partial charge >= 0.3 is 5.97 Å². The number of amides is 11. The molecule has 0 heterocycles.